The molecule has 0 bridgehead atoms. The van der Waals surface area contributed by atoms with Gasteiger partial charge in [-0.3, -0.25) is 0 Å². The highest BCUT2D eigenvalue weighted by Crippen LogP contribution is 2.28. The van der Waals surface area contributed by atoms with Crippen molar-refractivity contribution in [2.75, 3.05) is 0 Å². The molecule has 0 radical (unpaired) electrons. The highest BCUT2D eigenvalue weighted by atomic mass is 35.5. The fourth-order valence-electron chi connectivity index (χ4n) is 1.65. The average molecular weight is 228 g/mol. The molecule has 0 spiro atoms. The summed E-state index contributed by atoms with van der Waals surface area (Å²) in [6.45, 7) is 5.83. The van der Waals surface area contributed by atoms with Crippen LogP contribution in [0.5, 0.6) is 0 Å². The highest BCUT2D eigenvalue weighted by molar-refractivity contribution is 6.31. The molecule has 3 N–H and O–H groups in total. The maximum Gasteiger partial charge on any atom is 0.0756 e. The molecule has 3 heteroatoms. The number of hydrogen-bond donors (Lipinski definition) is 2. The summed E-state index contributed by atoms with van der Waals surface area (Å²) in [7, 11) is 0. The summed E-state index contributed by atoms with van der Waals surface area (Å²) in [5, 5.41) is 10.5. The molecule has 0 amide bonds. The number of halogens is 1. The van der Waals surface area contributed by atoms with E-state index in [2.05, 4.69) is 0 Å². The SMILES string of the molecule is Cc1cccc(Cl)c1[C@@H](N)[C@@H](O)C(C)C. The van der Waals surface area contributed by atoms with E-state index in [4.69, 9.17) is 17.3 Å². The van der Waals surface area contributed by atoms with Crippen LogP contribution in [-0.4, -0.2) is 11.2 Å². The van der Waals surface area contributed by atoms with Gasteiger partial charge in [-0.05, 0) is 30.0 Å². The Kier molecular flexibility index (Phi) is 4.14. The lowest BCUT2D eigenvalue weighted by Gasteiger charge is -2.24. The molecule has 0 aliphatic rings. The molecule has 1 rings (SSSR count). The molecule has 1 aromatic carbocycles. The summed E-state index contributed by atoms with van der Waals surface area (Å²) < 4.78 is 0. The highest BCUT2D eigenvalue weighted by Gasteiger charge is 2.23. The molecule has 0 heterocycles. The van der Waals surface area contributed by atoms with Crippen LogP contribution in [0, 0.1) is 12.8 Å². The normalized spacial score (nSPS) is 15.4. The molecule has 1 aromatic rings. The third kappa shape index (κ3) is 2.71. The molecule has 0 saturated carbocycles. The predicted molar refractivity (Wildman–Crippen MR) is 64.0 cm³/mol. The zero-order valence-corrected chi connectivity index (χ0v) is 10.1. The van der Waals surface area contributed by atoms with Gasteiger partial charge in [-0.2, -0.15) is 0 Å². The van der Waals surface area contributed by atoms with Crippen LogP contribution in [0.15, 0.2) is 18.2 Å². The fourth-order valence-corrected chi connectivity index (χ4v) is 2.00. The molecule has 84 valence electrons. The third-order valence-electron chi connectivity index (χ3n) is 2.66. The van der Waals surface area contributed by atoms with Crippen molar-refractivity contribution in [1.82, 2.24) is 0 Å². The molecular weight excluding hydrogens is 210 g/mol. The Morgan fingerprint density at radius 2 is 1.93 bits per heavy atom. The Morgan fingerprint density at radius 3 is 2.40 bits per heavy atom. The van der Waals surface area contributed by atoms with Crippen molar-refractivity contribution in [3.8, 4) is 0 Å². The van der Waals surface area contributed by atoms with Crippen molar-refractivity contribution < 1.29 is 5.11 Å². The summed E-state index contributed by atoms with van der Waals surface area (Å²) in [5.41, 5.74) is 7.88. The molecule has 0 saturated heterocycles. The van der Waals surface area contributed by atoms with Crippen LogP contribution in [0.1, 0.15) is 31.0 Å². The topological polar surface area (TPSA) is 46.2 Å². The van der Waals surface area contributed by atoms with Crippen LogP contribution in [0.25, 0.3) is 0 Å². The van der Waals surface area contributed by atoms with E-state index in [1.54, 1.807) is 6.07 Å². The van der Waals surface area contributed by atoms with Gasteiger partial charge in [0, 0.05) is 5.02 Å². The fraction of sp³-hybridized carbons (Fsp3) is 0.500. The summed E-state index contributed by atoms with van der Waals surface area (Å²) in [6.07, 6.45) is -0.566. The molecule has 2 nitrogen and oxygen atoms in total. The van der Waals surface area contributed by atoms with Gasteiger partial charge in [0.2, 0.25) is 0 Å². The lowest BCUT2D eigenvalue weighted by atomic mass is 9.92. The van der Waals surface area contributed by atoms with E-state index in [-0.39, 0.29) is 5.92 Å². The second-order valence-electron chi connectivity index (χ2n) is 4.23. The molecule has 2 atom stereocenters. The molecule has 0 aliphatic carbocycles. The number of hydrogen-bond acceptors (Lipinski definition) is 2. The van der Waals surface area contributed by atoms with Crippen LogP contribution < -0.4 is 5.73 Å². The molecule has 0 fully saturated rings. The largest absolute Gasteiger partial charge is 0.391 e. The quantitative estimate of drug-likeness (QED) is 0.834. The van der Waals surface area contributed by atoms with Gasteiger partial charge in [-0.25, -0.2) is 0 Å². The van der Waals surface area contributed by atoms with Crippen LogP contribution in [0.2, 0.25) is 5.02 Å². The first-order valence-electron chi connectivity index (χ1n) is 5.13. The predicted octanol–water partition coefficient (Wildman–Crippen LogP) is 2.67. The summed E-state index contributed by atoms with van der Waals surface area (Å²) in [5.74, 6) is 0.121. The average Bonchev–Trinajstić information content (AvgIpc) is 2.15. The third-order valence-corrected chi connectivity index (χ3v) is 2.98. The Morgan fingerprint density at radius 1 is 1.33 bits per heavy atom. The first-order chi connectivity index (χ1) is 6.95. The van der Waals surface area contributed by atoms with Crippen molar-refractivity contribution in [3.05, 3.63) is 34.3 Å². The van der Waals surface area contributed by atoms with Crippen LogP contribution >= 0.6 is 11.6 Å². The first kappa shape index (κ1) is 12.5. The van der Waals surface area contributed by atoms with Gasteiger partial charge in [-0.1, -0.05) is 37.6 Å². The van der Waals surface area contributed by atoms with Gasteiger partial charge in [0.15, 0.2) is 0 Å². The lowest BCUT2D eigenvalue weighted by molar-refractivity contribution is 0.0977. The van der Waals surface area contributed by atoms with Crippen LogP contribution in [0.4, 0.5) is 0 Å². The van der Waals surface area contributed by atoms with Crippen molar-refractivity contribution in [2.24, 2.45) is 11.7 Å². The van der Waals surface area contributed by atoms with E-state index in [9.17, 15) is 5.11 Å². The number of aryl methyl sites for hydroxylation is 1. The van der Waals surface area contributed by atoms with Gasteiger partial charge < -0.3 is 10.8 Å². The number of aliphatic hydroxyl groups is 1. The lowest BCUT2D eigenvalue weighted by Crippen LogP contribution is -2.31. The van der Waals surface area contributed by atoms with Gasteiger partial charge in [-0.15, -0.1) is 0 Å². The van der Waals surface area contributed by atoms with E-state index in [1.807, 2.05) is 32.9 Å². The van der Waals surface area contributed by atoms with Crippen molar-refractivity contribution in [1.29, 1.82) is 0 Å². The Balaban J connectivity index is 3.05. The Hall–Kier alpha value is -0.570. The smallest absolute Gasteiger partial charge is 0.0756 e. The van der Waals surface area contributed by atoms with E-state index >= 15 is 0 Å². The van der Waals surface area contributed by atoms with Crippen LogP contribution in [0.3, 0.4) is 0 Å². The summed E-state index contributed by atoms with van der Waals surface area (Å²) >= 11 is 6.08. The van der Waals surface area contributed by atoms with E-state index in [0.29, 0.717) is 5.02 Å². The second kappa shape index (κ2) is 4.97. The monoisotopic (exact) mass is 227 g/mol. The van der Waals surface area contributed by atoms with Crippen LogP contribution in [-0.2, 0) is 0 Å². The zero-order chi connectivity index (χ0) is 11.6. The first-order valence-corrected chi connectivity index (χ1v) is 5.51. The van der Waals surface area contributed by atoms with Gasteiger partial charge in [0.05, 0.1) is 12.1 Å². The minimum atomic E-state index is -0.566. The number of benzene rings is 1. The Labute approximate surface area is 96.1 Å². The maximum atomic E-state index is 9.91. The van der Waals surface area contributed by atoms with E-state index < -0.39 is 12.1 Å². The van der Waals surface area contributed by atoms with Crippen molar-refractivity contribution >= 4 is 11.6 Å². The standard InChI is InChI=1S/C12H18ClNO/c1-7(2)12(15)11(14)10-8(3)5-4-6-9(10)13/h4-7,11-12,15H,14H2,1-3H3/t11-,12+/m1/s1. The van der Waals surface area contributed by atoms with Gasteiger partial charge in [0.1, 0.15) is 0 Å². The maximum absolute atomic E-state index is 9.91. The minimum Gasteiger partial charge on any atom is -0.391 e. The molecule has 0 aromatic heterocycles. The summed E-state index contributed by atoms with van der Waals surface area (Å²) in [6, 6.07) is 5.22. The van der Waals surface area contributed by atoms with E-state index in [0.717, 1.165) is 11.1 Å². The second-order valence-corrected chi connectivity index (χ2v) is 4.64. The summed E-state index contributed by atoms with van der Waals surface area (Å²) in [4.78, 5) is 0. The van der Waals surface area contributed by atoms with Gasteiger partial charge in [0.25, 0.3) is 0 Å². The van der Waals surface area contributed by atoms with E-state index in [1.165, 1.54) is 0 Å². The molecular formula is C12H18ClNO. The van der Waals surface area contributed by atoms with Crippen molar-refractivity contribution in [2.45, 2.75) is 32.9 Å². The molecule has 0 unspecified atom stereocenters. The molecule has 15 heavy (non-hydrogen) atoms. The number of rotatable bonds is 3. The Bertz CT molecular complexity index is 318. The number of nitrogens with two attached hydrogens (primary N) is 1. The van der Waals surface area contributed by atoms with Crippen molar-refractivity contribution in [3.63, 3.8) is 0 Å². The minimum absolute atomic E-state index is 0.121. The number of aliphatic hydroxyl groups excluding tert-OH is 1. The zero-order valence-electron chi connectivity index (χ0n) is 9.37. The van der Waals surface area contributed by atoms with Gasteiger partial charge >= 0.3 is 0 Å². The molecule has 0 aliphatic heterocycles.